The molecule has 3 aliphatic heterocycles. The van der Waals surface area contributed by atoms with E-state index in [-0.39, 0.29) is 42.3 Å². The summed E-state index contributed by atoms with van der Waals surface area (Å²) in [6, 6.07) is 7.45. The van der Waals surface area contributed by atoms with Crippen molar-refractivity contribution in [1.82, 2.24) is 30.7 Å². The lowest BCUT2D eigenvalue weighted by Gasteiger charge is -2.37. The van der Waals surface area contributed by atoms with Gasteiger partial charge in [-0.2, -0.15) is 0 Å². The number of likely N-dealkylation sites (N-methyl/N-ethyl adjacent to an activating group) is 3. The van der Waals surface area contributed by atoms with Gasteiger partial charge in [-0.3, -0.25) is 33.6 Å². The number of hydrogen-bond acceptors (Lipinski definition) is 11. The maximum absolute atomic E-state index is 14.7. The van der Waals surface area contributed by atoms with Gasteiger partial charge in [-0.25, -0.2) is 0 Å². The molecule has 6 N–H and O–H groups in total. The van der Waals surface area contributed by atoms with Crippen LogP contribution in [-0.4, -0.2) is 136 Å². The lowest BCUT2D eigenvalue weighted by Crippen LogP contribution is -2.62. The summed E-state index contributed by atoms with van der Waals surface area (Å²) in [5.74, 6) is -5.70. The van der Waals surface area contributed by atoms with Gasteiger partial charge < -0.3 is 55.4 Å². The number of carbonyl (C=O) groups excluding carboxylic acids is 6. The highest BCUT2D eigenvalue weighted by Crippen LogP contribution is 2.33. The average Bonchev–Trinajstić information content (AvgIpc) is 3.21. The third kappa shape index (κ3) is 10.2. The van der Waals surface area contributed by atoms with Crippen molar-refractivity contribution in [3.8, 4) is 28.7 Å². The first kappa shape index (κ1) is 44.3. The number of carbonyl (C=O) groups is 7. The van der Waals surface area contributed by atoms with Crippen molar-refractivity contribution in [3.63, 3.8) is 0 Å². The minimum Gasteiger partial charge on any atom is -0.504 e. The number of carboxylic acids is 1. The predicted molar refractivity (Wildman–Crippen MR) is 214 cm³/mol. The minimum absolute atomic E-state index is 0.0331. The lowest BCUT2D eigenvalue weighted by atomic mass is 9.98. The summed E-state index contributed by atoms with van der Waals surface area (Å²) in [5, 5.41) is 38.4. The van der Waals surface area contributed by atoms with Gasteiger partial charge in [-0.1, -0.05) is 24.3 Å². The van der Waals surface area contributed by atoms with Crippen LogP contribution in [0.2, 0.25) is 0 Å². The fraction of sp³-hybridized carbons (Fsp3) is 0.405. The van der Waals surface area contributed by atoms with Gasteiger partial charge in [0.2, 0.25) is 35.4 Å². The monoisotopic (exact) mass is 830 g/mol. The number of carboxylic acid groups (broad SMARTS) is 1. The zero-order valence-electron chi connectivity index (χ0n) is 34.1. The van der Waals surface area contributed by atoms with E-state index in [1.807, 2.05) is 0 Å². The van der Waals surface area contributed by atoms with Crippen LogP contribution < -0.4 is 25.4 Å². The Morgan fingerprint density at radius 2 is 1.35 bits per heavy atom. The van der Waals surface area contributed by atoms with E-state index in [0.29, 0.717) is 22.4 Å². The molecule has 0 unspecified atom stereocenters. The molecule has 3 heterocycles. The van der Waals surface area contributed by atoms with Gasteiger partial charge in [0, 0.05) is 46.8 Å². The molecule has 6 bridgehead atoms. The van der Waals surface area contributed by atoms with Gasteiger partial charge in [-0.15, -0.1) is 0 Å². The molecule has 18 nitrogen and oxygen atoms in total. The zero-order valence-corrected chi connectivity index (χ0v) is 34.1. The van der Waals surface area contributed by atoms with Crippen LogP contribution in [0.1, 0.15) is 43.4 Å². The summed E-state index contributed by atoms with van der Waals surface area (Å²) < 4.78 is 11.1. The number of phenols is 2. The van der Waals surface area contributed by atoms with E-state index in [1.165, 1.54) is 76.2 Å². The molecule has 0 spiro atoms. The molecular formula is C42H50N6O12. The highest BCUT2D eigenvalue weighted by molar-refractivity contribution is 5.98. The van der Waals surface area contributed by atoms with Gasteiger partial charge in [0.25, 0.3) is 0 Å². The Kier molecular flexibility index (Phi) is 13.9. The predicted octanol–water partition coefficient (Wildman–Crippen LogP) is 1.09. The van der Waals surface area contributed by atoms with Crippen LogP contribution >= 0.6 is 0 Å². The smallest absolute Gasteiger partial charge is 0.303 e. The van der Waals surface area contributed by atoms with Crippen LogP contribution in [0.25, 0.3) is 0 Å². The molecule has 6 atom stereocenters. The number of fused-ring (bicyclic) bond motifs is 2. The number of hydrogen-bond donors (Lipinski definition) is 6. The highest BCUT2D eigenvalue weighted by atomic mass is 16.5. The quantitative estimate of drug-likeness (QED) is 0.205. The molecule has 0 saturated carbocycles. The normalized spacial score (nSPS) is 23.5. The third-order valence-electron chi connectivity index (χ3n) is 10.8. The molecule has 3 aromatic carbocycles. The molecule has 0 aromatic heterocycles. The van der Waals surface area contributed by atoms with Crippen molar-refractivity contribution in [2.24, 2.45) is 0 Å². The van der Waals surface area contributed by atoms with E-state index in [1.54, 1.807) is 36.4 Å². The van der Waals surface area contributed by atoms with E-state index >= 15 is 0 Å². The summed E-state index contributed by atoms with van der Waals surface area (Å²) in [5.41, 5.74) is 1.46. The second kappa shape index (κ2) is 18.8. The standard InChI is InChI=1S/C42H50N6O12/c1-22-37(53)45-28(13-16-36(51)52)41(57)46(3)29(18-25-10-15-34(59-6)33(50)20-25)39(55)44-23(2)40(56)48(5)31-17-24-7-11-27(12-8-24)60-35-21-26(9-14-32(35)49)19-30(38(54)43-22)47(4)42(31)58/h7-12,14-15,20-23,28-31,49-50H,13,16-19H2,1-6H3,(H,43,54)(H,44,55)(H,45,53)(H,51,52)/t22-,23+,28+,29+,30+,31+/m1/s1. The topological polar surface area (TPSA) is 244 Å². The fourth-order valence-electron chi connectivity index (χ4n) is 7.14. The molecule has 3 aromatic rings. The van der Waals surface area contributed by atoms with Crippen LogP contribution in [-0.2, 0) is 52.8 Å². The van der Waals surface area contributed by atoms with Gasteiger partial charge in [-0.05, 0) is 73.4 Å². The first-order valence-corrected chi connectivity index (χ1v) is 19.3. The van der Waals surface area contributed by atoms with E-state index in [9.17, 15) is 48.9 Å². The Balaban J connectivity index is 1.61. The van der Waals surface area contributed by atoms with Crippen molar-refractivity contribution in [2.45, 2.75) is 82.2 Å². The second-order valence-corrected chi connectivity index (χ2v) is 15.0. The molecule has 0 radical (unpaired) electrons. The maximum atomic E-state index is 14.7. The summed E-state index contributed by atoms with van der Waals surface area (Å²) in [4.78, 5) is 100. The third-order valence-corrected chi connectivity index (χ3v) is 10.8. The number of nitrogens with zero attached hydrogens (tertiary/aromatic N) is 3. The summed E-state index contributed by atoms with van der Waals surface area (Å²) in [7, 11) is 5.43. The summed E-state index contributed by atoms with van der Waals surface area (Å²) in [6.07, 6.45) is -1.31. The van der Waals surface area contributed by atoms with Gasteiger partial charge >= 0.3 is 5.97 Å². The molecule has 60 heavy (non-hydrogen) atoms. The van der Waals surface area contributed by atoms with E-state index < -0.39 is 90.5 Å². The number of nitrogens with one attached hydrogen (secondary N) is 3. The Labute approximate surface area is 346 Å². The molecule has 1 saturated heterocycles. The van der Waals surface area contributed by atoms with Crippen LogP contribution in [0.4, 0.5) is 0 Å². The first-order valence-electron chi connectivity index (χ1n) is 19.3. The molecule has 3 aliphatic rings. The Bertz CT molecular complexity index is 2150. The molecule has 320 valence electrons. The van der Waals surface area contributed by atoms with Crippen LogP contribution in [0.3, 0.4) is 0 Å². The van der Waals surface area contributed by atoms with Gasteiger partial charge in [0.15, 0.2) is 23.0 Å². The molecular weight excluding hydrogens is 780 g/mol. The fourth-order valence-corrected chi connectivity index (χ4v) is 7.14. The van der Waals surface area contributed by atoms with Gasteiger partial charge in [0.05, 0.1) is 7.11 Å². The number of phenolic OH excluding ortho intramolecular Hbond substituents is 2. The van der Waals surface area contributed by atoms with E-state index in [2.05, 4.69) is 16.0 Å². The lowest BCUT2D eigenvalue weighted by molar-refractivity contribution is -0.149. The second-order valence-electron chi connectivity index (χ2n) is 15.0. The molecule has 6 rings (SSSR count). The number of aromatic hydroxyl groups is 2. The Morgan fingerprint density at radius 1 is 0.717 bits per heavy atom. The van der Waals surface area contributed by atoms with Gasteiger partial charge in [0.1, 0.15) is 42.0 Å². The van der Waals surface area contributed by atoms with Crippen molar-refractivity contribution < 1.29 is 58.4 Å². The maximum Gasteiger partial charge on any atom is 0.303 e. The van der Waals surface area contributed by atoms with Crippen LogP contribution in [0.15, 0.2) is 60.7 Å². The van der Waals surface area contributed by atoms with Crippen molar-refractivity contribution in [2.75, 3.05) is 28.3 Å². The number of ether oxygens (including phenoxy) is 2. The Morgan fingerprint density at radius 3 is 2.00 bits per heavy atom. The molecule has 6 amide bonds. The SMILES string of the molecule is COc1ccc(C[C@H]2C(=O)N[C@@H](C)C(=O)N(C)[C@H]3Cc4ccc(cc4)Oc4cc(ccc4O)C[C@@H](C(=O)N[C@H](C)C(=O)N[C@@H](CCC(=O)O)C(=O)N2C)N(C)C3=O)cc1O. The number of benzene rings is 3. The average molecular weight is 831 g/mol. The minimum atomic E-state index is -1.50. The molecule has 18 heteroatoms. The first-order chi connectivity index (χ1) is 28.4. The van der Waals surface area contributed by atoms with Crippen molar-refractivity contribution >= 4 is 41.4 Å². The summed E-state index contributed by atoms with van der Waals surface area (Å²) >= 11 is 0. The van der Waals surface area contributed by atoms with E-state index in [0.717, 1.165) is 4.90 Å². The van der Waals surface area contributed by atoms with E-state index in [4.69, 9.17) is 9.47 Å². The number of aliphatic carboxylic acids is 1. The summed E-state index contributed by atoms with van der Waals surface area (Å²) in [6.45, 7) is 2.75. The van der Waals surface area contributed by atoms with Crippen LogP contribution in [0, 0.1) is 0 Å². The zero-order chi connectivity index (χ0) is 44.0. The number of methoxy groups -OCH3 is 1. The largest absolute Gasteiger partial charge is 0.504 e. The highest BCUT2D eigenvalue weighted by Gasteiger charge is 2.40. The molecule has 0 aliphatic carbocycles. The van der Waals surface area contributed by atoms with Crippen LogP contribution in [0.5, 0.6) is 28.7 Å². The molecule has 1 fully saturated rings. The number of rotatable bonds is 6. The number of amides is 6. The van der Waals surface area contributed by atoms with Crippen molar-refractivity contribution in [3.05, 3.63) is 77.4 Å². The van der Waals surface area contributed by atoms with Crippen molar-refractivity contribution in [1.29, 1.82) is 0 Å². The Hall–Kier alpha value is -6.85.